The van der Waals surface area contributed by atoms with E-state index in [0.717, 1.165) is 22.6 Å². The number of carboxylic acid groups (broad SMARTS) is 1. The van der Waals surface area contributed by atoms with Crippen LogP contribution in [0.15, 0.2) is 6.20 Å². The van der Waals surface area contributed by atoms with Crippen LogP contribution in [0.4, 0.5) is 22.0 Å². The van der Waals surface area contributed by atoms with Gasteiger partial charge in [-0.1, -0.05) is 0 Å². The number of carbonyl (C=O) groups is 1. The first kappa shape index (κ1) is 14.1. The molecular formula is C8H3F5INO2. The number of aromatic nitrogens is 1. The van der Waals surface area contributed by atoms with Gasteiger partial charge in [0.15, 0.2) is 0 Å². The SMILES string of the molecule is O=C(O)c1cnc(C(F)F)c(C(F)(F)F)c1I. The molecule has 1 aromatic rings. The fourth-order valence-electron chi connectivity index (χ4n) is 1.09. The average molecular weight is 367 g/mol. The summed E-state index contributed by atoms with van der Waals surface area (Å²) in [6.07, 6.45) is -8.02. The van der Waals surface area contributed by atoms with Crippen LogP contribution in [0.3, 0.4) is 0 Å². The second-order valence-electron chi connectivity index (χ2n) is 2.85. The van der Waals surface area contributed by atoms with Gasteiger partial charge in [0.05, 0.1) is 11.1 Å². The molecule has 0 amide bonds. The van der Waals surface area contributed by atoms with Crippen molar-refractivity contribution in [3.8, 4) is 0 Å². The number of aromatic carboxylic acids is 1. The minimum Gasteiger partial charge on any atom is -0.478 e. The maximum absolute atomic E-state index is 12.5. The van der Waals surface area contributed by atoms with Crippen molar-refractivity contribution in [2.75, 3.05) is 0 Å². The summed E-state index contributed by atoms with van der Waals surface area (Å²) in [5.41, 5.74) is -3.93. The highest BCUT2D eigenvalue weighted by Gasteiger charge is 2.40. The molecule has 9 heteroatoms. The third-order valence-electron chi connectivity index (χ3n) is 1.77. The summed E-state index contributed by atoms with van der Waals surface area (Å²) in [4.78, 5) is 13.5. The van der Waals surface area contributed by atoms with Crippen LogP contribution < -0.4 is 0 Å². The quantitative estimate of drug-likeness (QED) is 0.645. The second kappa shape index (κ2) is 4.70. The Morgan fingerprint density at radius 1 is 1.41 bits per heavy atom. The van der Waals surface area contributed by atoms with Crippen molar-refractivity contribution in [2.45, 2.75) is 12.6 Å². The maximum atomic E-state index is 12.5. The van der Waals surface area contributed by atoms with E-state index >= 15 is 0 Å². The van der Waals surface area contributed by atoms with E-state index in [2.05, 4.69) is 4.98 Å². The Morgan fingerprint density at radius 3 is 2.29 bits per heavy atom. The van der Waals surface area contributed by atoms with Gasteiger partial charge in [-0.3, -0.25) is 4.98 Å². The molecule has 0 unspecified atom stereocenters. The number of nitrogens with zero attached hydrogens (tertiary/aromatic N) is 1. The van der Waals surface area contributed by atoms with Gasteiger partial charge in [0, 0.05) is 9.77 Å². The molecule has 0 radical (unpaired) electrons. The number of rotatable bonds is 2. The lowest BCUT2D eigenvalue weighted by atomic mass is 10.1. The predicted molar refractivity (Wildman–Crippen MR) is 53.9 cm³/mol. The predicted octanol–water partition coefficient (Wildman–Crippen LogP) is 3.34. The lowest BCUT2D eigenvalue weighted by Crippen LogP contribution is -2.17. The summed E-state index contributed by atoms with van der Waals surface area (Å²) in [6.45, 7) is 0. The molecule has 0 saturated heterocycles. The van der Waals surface area contributed by atoms with Crippen LogP contribution >= 0.6 is 22.6 Å². The van der Waals surface area contributed by atoms with Crippen molar-refractivity contribution in [3.05, 3.63) is 26.6 Å². The number of halogens is 6. The van der Waals surface area contributed by atoms with Gasteiger partial charge in [-0.05, 0) is 22.6 Å². The smallest absolute Gasteiger partial charge is 0.419 e. The summed E-state index contributed by atoms with van der Waals surface area (Å²) in [6, 6.07) is 0. The Bertz CT molecular complexity index is 460. The van der Waals surface area contributed by atoms with E-state index in [1.54, 1.807) is 0 Å². The van der Waals surface area contributed by atoms with Crippen molar-refractivity contribution in [1.82, 2.24) is 4.98 Å². The third kappa shape index (κ3) is 2.82. The Balaban J connectivity index is 3.59. The first-order valence-corrected chi connectivity index (χ1v) is 5.01. The number of alkyl halides is 5. The molecule has 94 valence electrons. The standard InChI is InChI=1S/C8H3F5INO2/c9-6(10)5-3(8(11,12)13)4(14)2(1-15-5)7(16)17/h1,6H,(H,16,17). The van der Waals surface area contributed by atoms with Crippen LogP contribution in [0.1, 0.15) is 28.0 Å². The molecule has 0 bridgehead atoms. The molecule has 0 atom stereocenters. The summed E-state index contributed by atoms with van der Waals surface area (Å²) < 4.78 is 61.5. The van der Waals surface area contributed by atoms with Crippen LogP contribution in [-0.2, 0) is 6.18 Å². The molecule has 0 aliphatic carbocycles. The number of hydrogen-bond donors (Lipinski definition) is 1. The first-order chi connectivity index (χ1) is 7.66. The fourth-order valence-corrected chi connectivity index (χ4v) is 2.04. The van der Waals surface area contributed by atoms with E-state index in [-0.39, 0.29) is 0 Å². The molecule has 17 heavy (non-hydrogen) atoms. The molecule has 0 aromatic carbocycles. The molecule has 1 rings (SSSR count). The van der Waals surface area contributed by atoms with Crippen LogP contribution in [-0.4, -0.2) is 16.1 Å². The first-order valence-electron chi connectivity index (χ1n) is 3.93. The van der Waals surface area contributed by atoms with E-state index in [9.17, 15) is 26.7 Å². The molecule has 1 aromatic heterocycles. The summed E-state index contributed by atoms with van der Waals surface area (Å²) >= 11 is 1.07. The maximum Gasteiger partial charge on any atom is 0.419 e. The Labute approximate surface area is 105 Å². The minimum atomic E-state index is -5.08. The van der Waals surface area contributed by atoms with Crippen molar-refractivity contribution >= 4 is 28.6 Å². The van der Waals surface area contributed by atoms with E-state index in [0.29, 0.717) is 6.20 Å². The molecule has 1 N–H and O–H groups in total. The van der Waals surface area contributed by atoms with Gasteiger partial charge in [-0.15, -0.1) is 0 Å². The van der Waals surface area contributed by atoms with E-state index in [4.69, 9.17) is 5.11 Å². The fraction of sp³-hybridized carbons (Fsp3) is 0.250. The summed E-state index contributed by atoms with van der Waals surface area (Å²) in [5.74, 6) is -1.66. The molecule has 0 aliphatic rings. The molecule has 0 saturated carbocycles. The number of pyridine rings is 1. The zero-order valence-corrected chi connectivity index (χ0v) is 9.88. The number of carboxylic acids is 1. The second-order valence-corrected chi connectivity index (χ2v) is 3.93. The molecule has 0 fully saturated rings. The van der Waals surface area contributed by atoms with E-state index in [1.807, 2.05) is 0 Å². The van der Waals surface area contributed by atoms with Gasteiger partial charge >= 0.3 is 12.1 Å². The summed E-state index contributed by atoms with van der Waals surface area (Å²) in [5, 5.41) is 8.59. The minimum absolute atomic E-state index is 0.487. The molecule has 3 nitrogen and oxygen atoms in total. The lowest BCUT2D eigenvalue weighted by molar-refractivity contribution is -0.140. The highest BCUT2D eigenvalue weighted by molar-refractivity contribution is 14.1. The Kier molecular flexibility index (Phi) is 3.89. The van der Waals surface area contributed by atoms with Gasteiger partial charge in [-0.25, -0.2) is 13.6 Å². The topological polar surface area (TPSA) is 50.2 Å². The van der Waals surface area contributed by atoms with Gasteiger partial charge in [0.1, 0.15) is 5.69 Å². The zero-order valence-electron chi connectivity index (χ0n) is 7.73. The molecule has 0 spiro atoms. The monoisotopic (exact) mass is 367 g/mol. The third-order valence-corrected chi connectivity index (χ3v) is 2.89. The van der Waals surface area contributed by atoms with Gasteiger partial charge in [0.25, 0.3) is 6.43 Å². The van der Waals surface area contributed by atoms with Gasteiger partial charge < -0.3 is 5.11 Å². The highest BCUT2D eigenvalue weighted by atomic mass is 127. The van der Waals surface area contributed by atoms with Gasteiger partial charge in [-0.2, -0.15) is 13.2 Å². The summed E-state index contributed by atoms with van der Waals surface area (Å²) in [7, 11) is 0. The lowest BCUT2D eigenvalue weighted by Gasteiger charge is -2.14. The molecule has 1 heterocycles. The van der Waals surface area contributed by atoms with Gasteiger partial charge in [0.2, 0.25) is 0 Å². The van der Waals surface area contributed by atoms with Crippen LogP contribution in [0.5, 0.6) is 0 Å². The van der Waals surface area contributed by atoms with Crippen molar-refractivity contribution in [2.24, 2.45) is 0 Å². The van der Waals surface area contributed by atoms with Crippen LogP contribution in [0, 0.1) is 3.57 Å². The average Bonchev–Trinajstić information content (AvgIpc) is 2.14. The Hall–Kier alpha value is -1.00. The van der Waals surface area contributed by atoms with Crippen molar-refractivity contribution in [3.63, 3.8) is 0 Å². The number of hydrogen-bond acceptors (Lipinski definition) is 2. The van der Waals surface area contributed by atoms with Crippen molar-refractivity contribution < 1.29 is 31.9 Å². The van der Waals surface area contributed by atoms with Crippen LogP contribution in [0.25, 0.3) is 0 Å². The molecular weight excluding hydrogens is 364 g/mol. The van der Waals surface area contributed by atoms with E-state index in [1.165, 1.54) is 0 Å². The highest BCUT2D eigenvalue weighted by Crippen LogP contribution is 2.39. The van der Waals surface area contributed by atoms with Crippen molar-refractivity contribution in [1.29, 1.82) is 0 Å². The zero-order chi connectivity index (χ0) is 13.4. The molecule has 0 aliphatic heterocycles. The van der Waals surface area contributed by atoms with Crippen LogP contribution in [0.2, 0.25) is 0 Å². The Morgan fingerprint density at radius 2 is 1.94 bits per heavy atom. The normalized spacial score (nSPS) is 11.9. The largest absolute Gasteiger partial charge is 0.478 e. The van der Waals surface area contributed by atoms with E-state index < -0.39 is 39.0 Å².